The molecule has 2 aromatic rings. The minimum Gasteiger partial charge on any atom is -0.405 e. The van der Waals surface area contributed by atoms with Gasteiger partial charge in [0.15, 0.2) is 6.29 Å². The summed E-state index contributed by atoms with van der Waals surface area (Å²) < 4.78 is 23.9. The summed E-state index contributed by atoms with van der Waals surface area (Å²) in [5, 5.41) is 12.8. The van der Waals surface area contributed by atoms with Gasteiger partial charge >= 0.3 is 0 Å². The summed E-state index contributed by atoms with van der Waals surface area (Å²) >= 11 is 0. The van der Waals surface area contributed by atoms with E-state index in [1.54, 1.807) is 0 Å². The van der Waals surface area contributed by atoms with E-state index >= 15 is 0 Å². The molecule has 0 aliphatic carbocycles. The number of hydrogen-bond donors (Lipinski definition) is 1. The van der Waals surface area contributed by atoms with E-state index in [9.17, 15) is 5.11 Å². The third kappa shape index (κ3) is 4.78. The van der Waals surface area contributed by atoms with Crippen LogP contribution in [0, 0.1) is 12.3 Å². The van der Waals surface area contributed by atoms with Crippen LogP contribution in [0.5, 0.6) is 0 Å². The molecule has 1 aliphatic heterocycles. The van der Waals surface area contributed by atoms with Crippen LogP contribution in [-0.4, -0.2) is 58.3 Å². The molecule has 0 spiro atoms. The minimum absolute atomic E-state index is 0.0806. The van der Waals surface area contributed by atoms with Gasteiger partial charge in [0.1, 0.15) is 24.9 Å². The highest BCUT2D eigenvalue weighted by atomic mass is 28.4. The van der Waals surface area contributed by atoms with E-state index in [0.717, 1.165) is 0 Å². The van der Waals surface area contributed by atoms with Crippen molar-refractivity contribution >= 4 is 18.7 Å². The maximum atomic E-state index is 10.6. The molecule has 0 saturated carbocycles. The second kappa shape index (κ2) is 10.1. The van der Waals surface area contributed by atoms with Crippen molar-refractivity contribution in [3.8, 4) is 12.3 Å². The number of ether oxygens (including phenoxy) is 3. The molecule has 31 heavy (non-hydrogen) atoms. The van der Waals surface area contributed by atoms with E-state index in [4.69, 9.17) is 25.1 Å². The Bertz CT molecular complexity index is 819. The Labute approximate surface area is 186 Å². The van der Waals surface area contributed by atoms with Crippen molar-refractivity contribution < 1.29 is 23.7 Å². The third-order valence-electron chi connectivity index (χ3n) is 5.76. The highest BCUT2D eigenvalue weighted by Gasteiger charge is 2.52. The van der Waals surface area contributed by atoms with Crippen molar-refractivity contribution in [1.82, 2.24) is 0 Å². The molecule has 1 aliphatic rings. The van der Waals surface area contributed by atoms with Gasteiger partial charge in [-0.15, -0.1) is 6.42 Å². The summed E-state index contributed by atoms with van der Waals surface area (Å²) in [4.78, 5) is 0. The SMILES string of the molecule is C#CCO[C@H]1[C@@H](O)[C@H](OC)O[C@@H]1CO[Si](c1ccccc1)(c1ccccc1)C(C)(C)C. The molecule has 166 valence electrons. The first kappa shape index (κ1) is 23.7. The molecule has 0 unspecified atom stereocenters. The number of methoxy groups -OCH3 is 1. The maximum Gasteiger partial charge on any atom is 0.261 e. The zero-order valence-corrected chi connectivity index (χ0v) is 19.7. The van der Waals surface area contributed by atoms with Gasteiger partial charge in [0.2, 0.25) is 0 Å². The van der Waals surface area contributed by atoms with E-state index in [1.165, 1.54) is 17.5 Å². The van der Waals surface area contributed by atoms with Crippen LogP contribution in [-0.2, 0) is 18.6 Å². The summed E-state index contributed by atoms with van der Waals surface area (Å²) in [6, 6.07) is 20.8. The minimum atomic E-state index is -2.73. The standard InChI is InChI=1S/C25H32O5Si/c1-6-17-28-23-21(30-24(27-5)22(23)26)18-29-31(25(2,3)4,19-13-9-7-10-14-19)20-15-11-8-12-16-20/h1,7-16,21-24,26H,17-18H2,2-5H3/t21-,22-,23-,24-/m1/s1. The summed E-state index contributed by atoms with van der Waals surface area (Å²) in [6.45, 7) is 6.98. The monoisotopic (exact) mass is 440 g/mol. The van der Waals surface area contributed by atoms with Crippen molar-refractivity contribution in [2.75, 3.05) is 20.3 Å². The van der Waals surface area contributed by atoms with E-state index < -0.39 is 32.9 Å². The molecule has 5 nitrogen and oxygen atoms in total. The van der Waals surface area contributed by atoms with Gasteiger partial charge in [0.05, 0.1) is 6.61 Å². The van der Waals surface area contributed by atoms with Crippen LogP contribution in [0.4, 0.5) is 0 Å². The molecular weight excluding hydrogens is 408 g/mol. The molecule has 4 atom stereocenters. The molecule has 6 heteroatoms. The lowest BCUT2D eigenvalue weighted by Crippen LogP contribution is -2.67. The first-order chi connectivity index (χ1) is 14.8. The summed E-state index contributed by atoms with van der Waals surface area (Å²) in [5.74, 6) is 2.46. The van der Waals surface area contributed by atoms with Crippen molar-refractivity contribution in [3.63, 3.8) is 0 Å². The van der Waals surface area contributed by atoms with Gasteiger partial charge in [0, 0.05) is 7.11 Å². The van der Waals surface area contributed by atoms with E-state index in [-0.39, 0.29) is 18.3 Å². The van der Waals surface area contributed by atoms with Gasteiger partial charge in [-0.1, -0.05) is 87.4 Å². The Morgan fingerprint density at radius 2 is 1.58 bits per heavy atom. The lowest BCUT2D eigenvalue weighted by Gasteiger charge is -2.43. The van der Waals surface area contributed by atoms with Gasteiger partial charge in [0.25, 0.3) is 8.32 Å². The Kier molecular flexibility index (Phi) is 7.71. The Hall–Kier alpha value is -1.98. The highest BCUT2D eigenvalue weighted by molar-refractivity contribution is 6.99. The zero-order valence-electron chi connectivity index (χ0n) is 18.7. The normalized spacial score (nSPS) is 24.1. The van der Waals surface area contributed by atoms with Crippen LogP contribution >= 0.6 is 0 Å². The fraction of sp³-hybridized carbons (Fsp3) is 0.440. The van der Waals surface area contributed by atoms with Crippen LogP contribution in [0.3, 0.4) is 0 Å². The van der Waals surface area contributed by atoms with Gasteiger partial charge in [-0.25, -0.2) is 0 Å². The van der Waals surface area contributed by atoms with Crippen molar-refractivity contribution in [2.24, 2.45) is 0 Å². The molecular formula is C25H32O5Si. The van der Waals surface area contributed by atoms with E-state index in [2.05, 4.69) is 51.0 Å². The second-order valence-corrected chi connectivity index (χ2v) is 13.0. The first-order valence-corrected chi connectivity index (χ1v) is 12.4. The molecule has 1 N–H and O–H groups in total. The van der Waals surface area contributed by atoms with Crippen molar-refractivity contribution in [2.45, 2.75) is 50.4 Å². The average molecular weight is 441 g/mol. The fourth-order valence-corrected chi connectivity index (χ4v) is 8.92. The number of benzene rings is 2. The topological polar surface area (TPSA) is 57.2 Å². The predicted octanol–water partition coefficient (Wildman–Crippen LogP) is 2.31. The number of rotatable bonds is 8. The molecule has 0 bridgehead atoms. The third-order valence-corrected chi connectivity index (χ3v) is 10.8. The van der Waals surface area contributed by atoms with Gasteiger partial charge < -0.3 is 23.7 Å². The zero-order chi connectivity index (χ0) is 22.5. The summed E-state index contributed by atoms with van der Waals surface area (Å²) in [5.41, 5.74) is 0. The quantitative estimate of drug-likeness (QED) is 0.504. The molecule has 0 amide bonds. The Balaban J connectivity index is 1.99. The second-order valence-electron chi connectivity index (χ2n) is 8.72. The Morgan fingerprint density at radius 3 is 2.03 bits per heavy atom. The number of terminal acetylenes is 1. The van der Waals surface area contributed by atoms with Crippen molar-refractivity contribution in [1.29, 1.82) is 0 Å². The smallest absolute Gasteiger partial charge is 0.261 e. The maximum absolute atomic E-state index is 10.6. The molecule has 0 aromatic heterocycles. The van der Waals surface area contributed by atoms with Crippen LogP contribution in [0.15, 0.2) is 60.7 Å². The molecule has 1 fully saturated rings. The van der Waals surface area contributed by atoms with Gasteiger partial charge in [-0.3, -0.25) is 0 Å². The summed E-state index contributed by atoms with van der Waals surface area (Å²) in [6.07, 6.45) is 2.51. The van der Waals surface area contributed by atoms with E-state index in [1.807, 2.05) is 36.4 Å². The van der Waals surface area contributed by atoms with E-state index in [0.29, 0.717) is 0 Å². The predicted molar refractivity (Wildman–Crippen MR) is 124 cm³/mol. The molecule has 2 aromatic carbocycles. The average Bonchev–Trinajstić information content (AvgIpc) is 3.07. The number of aliphatic hydroxyl groups is 1. The number of hydrogen-bond acceptors (Lipinski definition) is 5. The lowest BCUT2D eigenvalue weighted by atomic mass is 10.1. The first-order valence-electron chi connectivity index (χ1n) is 10.5. The fourth-order valence-electron chi connectivity index (χ4n) is 4.35. The van der Waals surface area contributed by atoms with Crippen molar-refractivity contribution in [3.05, 3.63) is 60.7 Å². The summed E-state index contributed by atoms with van der Waals surface area (Å²) in [7, 11) is -1.23. The Morgan fingerprint density at radius 1 is 1.03 bits per heavy atom. The van der Waals surface area contributed by atoms with Crippen LogP contribution in [0.1, 0.15) is 20.8 Å². The highest BCUT2D eigenvalue weighted by Crippen LogP contribution is 2.37. The lowest BCUT2D eigenvalue weighted by molar-refractivity contribution is -0.152. The van der Waals surface area contributed by atoms with Gasteiger partial charge in [-0.2, -0.15) is 0 Å². The molecule has 3 rings (SSSR count). The molecule has 1 heterocycles. The van der Waals surface area contributed by atoms with Crippen LogP contribution in [0.2, 0.25) is 5.04 Å². The van der Waals surface area contributed by atoms with Crippen LogP contribution in [0.25, 0.3) is 0 Å². The molecule has 1 saturated heterocycles. The van der Waals surface area contributed by atoms with Gasteiger partial charge in [-0.05, 0) is 15.4 Å². The largest absolute Gasteiger partial charge is 0.405 e. The molecule has 0 radical (unpaired) electrons. The number of aliphatic hydroxyl groups excluding tert-OH is 1. The van der Waals surface area contributed by atoms with Crippen LogP contribution < -0.4 is 10.4 Å².